The van der Waals surface area contributed by atoms with Gasteiger partial charge in [-0.2, -0.15) is 0 Å². The zero-order valence-electron chi connectivity index (χ0n) is 15.7. The van der Waals surface area contributed by atoms with Gasteiger partial charge < -0.3 is 10.1 Å². The van der Waals surface area contributed by atoms with Gasteiger partial charge in [0.25, 0.3) is 0 Å². The van der Waals surface area contributed by atoms with Crippen LogP contribution in [0.3, 0.4) is 0 Å². The van der Waals surface area contributed by atoms with Crippen molar-refractivity contribution >= 4 is 23.1 Å². The Morgan fingerprint density at radius 1 is 1.15 bits per heavy atom. The fraction of sp³-hybridized carbons (Fsp3) is 0.273. The first-order valence-electron chi connectivity index (χ1n) is 9.02. The number of hydrogen-bond donors (Lipinski definition) is 1. The zero-order valence-corrected chi connectivity index (χ0v) is 15.7. The van der Waals surface area contributed by atoms with Crippen LogP contribution in [0.1, 0.15) is 27.9 Å². The molecule has 1 heterocycles. The first-order chi connectivity index (χ1) is 13.1. The summed E-state index contributed by atoms with van der Waals surface area (Å²) in [5.41, 5.74) is 4.54. The Bertz CT molecular complexity index is 859. The predicted molar refractivity (Wildman–Crippen MR) is 107 cm³/mol. The summed E-state index contributed by atoms with van der Waals surface area (Å²) in [7, 11) is 1.34. The lowest BCUT2D eigenvalue weighted by molar-refractivity contribution is -0.117. The summed E-state index contributed by atoms with van der Waals surface area (Å²) in [6, 6.07) is 15.5. The number of hydrogen-bond acceptors (Lipinski definition) is 4. The molecule has 0 aliphatic carbocycles. The van der Waals surface area contributed by atoms with Crippen molar-refractivity contribution in [3.05, 3.63) is 71.3 Å². The lowest BCUT2D eigenvalue weighted by Crippen LogP contribution is -2.36. The summed E-state index contributed by atoms with van der Waals surface area (Å²) < 4.78 is 4.74. The molecule has 1 N–H and O–H groups in total. The van der Waals surface area contributed by atoms with Crippen LogP contribution in [0.25, 0.3) is 5.57 Å². The molecule has 140 valence electrons. The first kappa shape index (κ1) is 18.9. The molecular formula is C22H24N2O3. The number of amides is 1. The van der Waals surface area contributed by atoms with E-state index < -0.39 is 5.97 Å². The number of aryl methyl sites for hydroxylation is 1. The molecule has 0 aromatic heterocycles. The van der Waals surface area contributed by atoms with Gasteiger partial charge in [0.1, 0.15) is 0 Å². The van der Waals surface area contributed by atoms with Gasteiger partial charge in [-0.15, -0.1) is 0 Å². The molecular weight excluding hydrogens is 340 g/mol. The highest BCUT2D eigenvalue weighted by molar-refractivity contribution is 5.96. The summed E-state index contributed by atoms with van der Waals surface area (Å²) in [5.74, 6) is -0.503. The number of carbonyl (C=O) groups is 2. The van der Waals surface area contributed by atoms with E-state index in [9.17, 15) is 9.59 Å². The third kappa shape index (κ3) is 4.83. The summed E-state index contributed by atoms with van der Waals surface area (Å²) in [6.45, 7) is 3.81. The average molecular weight is 364 g/mol. The van der Waals surface area contributed by atoms with E-state index >= 15 is 0 Å². The number of methoxy groups -OCH3 is 1. The maximum atomic E-state index is 12.4. The lowest BCUT2D eigenvalue weighted by atomic mass is 10.00. The number of rotatable bonds is 5. The fourth-order valence-electron chi connectivity index (χ4n) is 3.16. The minimum absolute atomic E-state index is 0.0864. The van der Waals surface area contributed by atoms with E-state index in [2.05, 4.69) is 28.4 Å². The van der Waals surface area contributed by atoms with Gasteiger partial charge in [-0.05, 0) is 42.2 Å². The standard InChI is InChI=1S/C22H24N2O3/c1-16-8-9-19(22(26)27-2)14-20(16)23-21(25)15-24-12-10-18(11-13-24)17-6-4-3-5-7-17/h3-10,14H,11-13,15H2,1-2H3,(H,23,25). The van der Waals surface area contributed by atoms with Gasteiger partial charge in [0, 0.05) is 18.8 Å². The number of ether oxygens (including phenoxy) is 1. The highest BCUT2D eigenvalue weighted by atomic mass is 16.5. The van der Waals surface area contributed by atoms with Crippen molar-refractivity contribution in [2.24, 2.45) is 0 Å². The van der Waals surface area contributed by atoms with Gasteiger partial charge in [-0.25, -0.2) is 4.79 Å². The number of anilines is 1. The Kier molecular flexibility index (Phi) is 6.04. The van der Waals surface area contributed by atoms with Crippen LogP contribution in [0, 0.1) is 6.92 Å². The van der Waals surface area contributed by atoms with E-state index in [-0.39, 0.29) is 5.91 Å². The molecule has 5 heteroatoms. The minimum atomic E-state index is -0.417. The lowest BCUT2D eigenvalue weighted by Gasteiger charge is -2.26. The van der Waals surface area contributed by atoms with Crippen LogP contribution in [0.2, 0.25) is 0 Å². The van der Waals surface area contributed by atoms with E-state index in [1.165, 1.54) is 18.2 Å². The Morgan fingerprint density at radius 3 is 2.59 bits per heavy atom. The number of nitrogens with one attached hydrogen (secondary N) is 1. The van der Waals surface area contributed by atoms with Gasteiger partial charge >= 0.3 is 5.97 Å². The van der Waals surface area contributed by atoms with E-state index in [4.69, 9.17) is 4.74 Å². The molecule has 0 atom stereocenters. The van der Waals surface area contributed by atoms with Crippen molar-refractivity contribution in [1.82, 2.24) is 4.90 Å². The third-order valence-electron chi connectivity index (χ3n) is 4.74. The van der Waals surface area contributed by atoms with Gasteiger partial charge in [0.15, 0.2) is 0 Å². The normalized spacial score (nSPS) is 14.4. The molecule has 1 aliphatic heterocycles. The van der Waals surface area contributed by atoms with E-state index in [1.54, 1.807) is 18.2 Å². The Balaban J connectivity index is 1.59. The molecule has 1 amide bonds. The SMILES string of the molecule is COC(=O)c1ccc(C)c(NC(=O)CN2CC=C(c3ccccc3)CC2)c1. The van der Waals surface area contributed by atoms with Crippen molar-refractivity contribution < 1.29 is 14.3 Å². The molecule has 0 saturated carbocycles. The van der Waals surface area contributed by atoms with E-state index in [0.717, 1.165) is 25.1 Å². The largest absolute Gasteiger partial charge is 0.465 e. The summed E-state index contributed by atoms with van der Waals surface area (Å²) in [4.78, 5) is 26.2. The Labute approximate surface area is 159 Å². The van der Waals surface area contributed by atoms with E-state index in [0.29, 0.717) is 17.8 Å². The zero-order chi connectivity index (χ0) is 19.2. The Morgan fingerprint density at radius 2 is 1.93 bits per heavy atom. The number of carbonyl (C=O) groups excluding carboxylic acids is 2. The van der Waals surface area contributed by atoms with Crippen molar-refractivity contribution in [2.45, 2.75) is 13.3 Å². The topological polar surface area (TPSA) is 58.6 Å². The molecule has 0 fully saturated rings. The molecule has 2 aromatic carbocycles. The highest BCUT2D eigenvalue weighted by Gasteiger charge is 2.17. The number of esters is 1. The number of nitrogens with zero attached hydrogens (tertiary/aromatic N) is 1. The molecule has 0 radical (unpaired) electrons. The second kappa shape index (κ2) is 8.64. The molecule has 5 nitrogen and oxygen atoms in total. The van der Waals surface area contributed by atoms with Crippen LogP contribution in [-0.4, -0.2) is 43.5 Å². The van der Waals surface area contributed by atoms with Gasteiger partial charge in [-0.3, -0.25) is 9.69 Å². The molecule has 27 heavy (non-hydrogen) atoms. The van der Waals surface area contributed by atoms with Crippen molar-refractivity contribution in [2.75, 3.05) is 32.1 Å². The molecule has 3 rings (SSSR count). The smallest absolute Gasteiger partial charge is 0.337 e. The summed E-state index contributed by atoms with van der Waals surface area (Å²) in [6.07, 6.45) is 3.11. The maximum absolute atomic E-state index is 12.4. The fourth-order valence-corrected chi connectivity index (χ4v) is 3.16. The van der Waals surface area contributed by atoms with Crippen LogP contribution >= 0.6 is 0 Å². The van der Waals surface area contributed by atoms with Gasteiger partial charge in [-0.1, -0.05) is 42.5 Å². The molecule has 2 aromatic rings. The summed E-state index contributed by atoms with van der Waals surface area (Å²) >= 11 is 0. The second-order valence-corrected chi connectivity index (χ2v) is 6.65. The van der Waals surface area contributed by atoms with Crippen LogP contribution in [0.5, 0.6) is 0 Å². The quantitative estimate of drug-likeness (QED) is 0.825. The van der Waals surface area contributed by atoms with Gasteiger partial charge in [0.2, 0.25) is 5.91 Å². The number of benzene rings is 2. The molecule has 1 aliphatic rings. The van der Waals surface area contributed by atoms with Crippen LogP contribution in [0.4, 0.5) is 5.69 Å². The monoisotopic (exact) mass is 364 g/mol. The summed E-state index contributed by atoms with van der Waals surface area (Å²) in [5, 5.41) is 2.91. The highest BCUT2D eigenvalue weighted by Crippen LogP contribution is 2.22. The van der Waals surface area contributed by atoms with Crippen LogP contribution in [0.15, 0.2) is 54.6 Å². The van der Waals surface area contributed by atoms with Gasteiger partial charge in [0.05, 0.1) is 19.2 Å². The minimum Gasteiger partial charge on any atom is -0.465 e. The van der Waals surface area contributed by atoms with Crippen molar-refractivity contribution in [1.29, 1.82) is 0 Å². The second-order valence-electron chi connectivity index (χ2n) is 6.65. The molecule has 0 bridgehead atoms. The molecule has 0 unspecified atom stereocenters. The maximum Gasteiger partial charge on any atom is 0.337 e. The van der Waals surface area contributed by atoms with Crippen molar-refractivity contribution in [3.8, 4) is 0 Å². The van der Waals surface area contributed by atoms with E-state index in [1.807, 2.05) is 25.1 Å². The third-order valence-corrected chi connectivity index (χ3v) is 4.74. The first-order valence-corrected chi connectivity index (χ1v) is 9.02. The average Bonchev–Trinajstić information content (AvgIpc) is 2.70. The van der Waals surface area contributed by atoms with Crippen molar-refractivity contribution in [3.63, 3.8) is 0 Å². The Hall–Kier alpha value is -2.92. The predicted octanol–water partition coefficient (Wildman–Crippen LogP) is 3.51. The molecule has 0 spiro atoms. The van der Waals surface area contributed by atoms with Crippen LogP contribution < -0.4 is 5.32 Å². The molecule has 0 saturated heterocycles. The van der Waals surface area contributed by atoms with Crippen LogP contribution in [-0.2, 0) is 9.53 Å².